The minimum Gasteiger partial charge on any atom is -0.481 e. The van der Waals surface area contributed by atoms with Crippen LogP contribution in [0.1, 0.15) is 22.8 Å². The fraction of sp³-hybridized carbons (Fsp3) is 0.211. The molecule has 2 amide bonds. The Morgan fingerprint density at radius 3 is 2.54 bits per heavy atom. The third-order valence-electron chi connectivity index (χ3n) is 3.46. The molecule has 0 unspecified atom stereocenters. The summed E-state index contributed by atoms with van der Waals surface area (Å²) in [4.78, 5) is 35.3. The molecule has 0 aliphatic carbocycles. The molecule has 2 rings (SSSR count). The number of anilines is 1. The van der Waals surface area contributed by atoms with Crippen LogP contribution in [0.5, 0.6) is 5.75 Å². The molecule has 3 N–H and O–H groups in total. The average molecular weight is 356 g/mol. The third kappa shape index (κ3) is 5.34. The number of nitrogens with one attached hydrogen (secondary N) is 1. The minimum atomic E-state index is -1.00. The molecule has 0 spiro atoms. The van der Waals surface area contributed by atoms with Crippen LogP contribution in [0.4, 0.5) is 5.69 Å². The lowest BCUT2D eigenvalue weighted by Crippen LogP contribution is -2.31. The lowest BCUT2D eigenvalue weighted by molar-refractivity contribution is -0.155. The molecule has 7 nitrogen and oxygen atoms in total. The van der Waals surface area contributed by atoms with Gasteiger partial charge in [-0.1, -0.05) is 24.3 Å². The number of primary amides is 1. The Bertz CT molecular complexity index is 819. The molecule has 1 atom stereocenters. The zero-order chi connectivity index (χ0) is 19.1. The van der Waals surface area contributed by atoms with Crippen molar-refractivity contribution in [2.45, 2.75) is 20.0 Å². The molecule has 0 heterocycles. The van der Waals surface area contributed by atoms with Gasteiger partial charge in [-0.2, -0.15) is 0 Å². The number of carbonyl (C=O) groups is 3. The zero-order valence-corrected chi connectivity index (χ0v) is 14.5. The molecule has 0 aliphatic rings. The molecule has 136 valence electrons. The second-order valence-corrected chi connectivity index (χ2v) is 5.64. The first kappa shape index (κ1) is 19.0. The predicted octanol–water partition coefficient (Wildman–Crippen LogP) is 2.04. The molecular weight excluding hydrogens is 336 g/mol. The topological polar surface area (TPSA) is 108 Å². The highest BCUT2D eigenvalue weighted by molar-refractivity contribution is 5.96. The zero-order valence-electron chi connectivity index (χ0n) is 14.5. The Morgan fingerprint density at radius 2 is 1.85 bits per heavy atom. The largest absolute Gasteiger partial charge is 0.481 e. The highest BCUT2D eigenvalue weighted by atomic mass is 16.6. The van der Waals surface area contributed by atoms with E-state index in [0.717, 1.165) is 5.56 Å². The standard InChI is InChI=1S/C19H20N2O5/c1-12-6-5-7-14(10-12)21-19(24)13(2)26-17(22)11-25-16-9-4-3-8-15(16)18(20)23/h3-10,13H,11H2,1-2H3,(H2,20,23)(H,21,24)/t13-/m0/s1. The lowest BCUT2D eigenvalue weighted by atomic mass is 10.2. The smallest absolute Gasteiger partial charge is 0.344 e. The summed E-state index contributed by atoms with van der Waals surface area (Å²) in [5.41, 5.74) is 7.00. The van der Waals surface area contributed by atoms with Gasteiger partial charge < -0.3 is 20.5 Å². The number of amides is 2. The van der Waals surface area contributed by atoms with Gasteiger partial charge in [0, 0.05) is 5.69 Å². The molecule has 2 aromatic carbocycles. The molecule has 0 aliphatic heterocycles. The van der Waals surface area contributed by atoms with Crippen LogP contribution in [0.3, 0.4) is 0 Å². The number of nitrogens with two attached hydrogens (primary N) is 1. The molecule has 0 saturated carbocycles. The van der Waals surface area contributed by atoms with Gasteiger partial charge in [-0.25, -0.2) is 4.79 Å². The summed E-state index contributed by atoms with van der Waals surface area (Å²) in [7, 11) is 0. The van der Waals surface area contributed by atoms with Gasteiger partial charge in [-0.15, -0.1) is 0 Å². The summed E-state index contributed by atoms with van der Waals surface area (Å²) in [5, 5.41) is 2.67. The van der Waals surface area contributed by atoms with E-state index in [1.165, 1.54) is 19.1 Å². The van der Waals surface area contributed by atoms with Crippen LogP contribution in [0, 0.1) is 6.92 Å². The average Bonchev–Trinajstić information content (AvgIpc) is 2.60. The predicted molar refractivity (Wildman–Crippen MR) is 95.8 cm³/mol. The Morgan fingerprint density at radius 1 is 1.12 bits per heavy atom. The van der Waals surface area contributed by atoms with E-state index in [2.05, 4.69) is 5.32 Å². The maximum atomic E-state index is 12.1. The second kappa shape index (κ2) is 8.66. The summed E-state index contributed by atoms with van der Waals surface area (Å²) in [6, 6.07) is 13.5. The number of benzene rings is 2. The van der Waals surface area contributed by atoms with Crippen molar-refractivity contribution in [1.82, 2.24) is 0 Å². The van der Waals surface area contributed by atoms with Crippen molar-refractivity contribution >= 4 is 23.5 Å². The fourth-order valence-electron chi connectivity index (χ4n) is 2.18. The van der Waals surface area contributed by atoms with Crippen molar-refractivity contribution in [1.29, 1.82) is 0 Å². The first-order chi connectivity index (χ1) is 12.4. The van der Waals surface area contributed by atoms with Gasteiger partial charge >= 0.3 is 5.97 Å². The van der Waals surface area contributed by atoms with E-state index in [1.807, 2.05) is 19.1 Å². The van der Waals surface area contributed by atoms with Crippen molar-refractivity contribution in [2.75, 3.05) is 11.9 Å². The molecular formula is C19H20N2O5. The highest BCUT2D eigenvalue weighted by Gasteiger charge is 2.19. The van der Waals surface area contributed by atoms with E-state index >= 15 is 0 Å². The number of esters is 1. The van der Waals surface area contributed by atoms with E-state index < -0.39 is 30.5 Å². The number of para-hydroxylation sites is 1. The van der Waals surface area contributed by atoms with E-state index in [-0.39, 0.29) is 11.3 Å². The van der Waals surface area contributed by atoms with Crippen molar-refractivity contribution in [3.63, 3.8) is 0 Å². The Balaban J connectivity index is 1.87. The maximum Gasteiger partial charge on any atom is 0.344 e. The highest BCUT2D eigenvalue weighted by Crippen LogP contribution is 2.17. The van der Waals surface area contributed by atoms with Crippen LogP contribution in [0.2, 0.25) is 0 Å². The van der Waals surface area contributed by atoms with Gasteiger partial charge in [0.2, 0.25) is 0 Å². The Kier molecular flexibility index (Phi) is 6.32. The number of hydrogen-bond acceptors (Lipinski definition) is 5. The monoisotopic (exact) mass is 356 g/mol. The Hall–Kier alpha value is -3.35. The van der Waals surface area contributed by atoms with Gasteiger partial charge in [0.1, 0.15) is 5.75 Å². The third-order valence-corrected chi connectivity index (χ3v) is 3.46. The number of rotatable bonds is 7. The first-order valence-corrected chi connectivity index (χ1v) is 7.95. The molecule has 26 heavy (non-hydrogen) atoms. The number of hydrogen-bond donors (Lipinski definition) is 2. The first-order valence-electron chi connectivity index (χ1n) is 7.95. The van der Waals surface area contributed by atoms with Crippen molar-refractivity contribution < 1.29 is 23.9 Å². The van der Waals surface area contributed by atoms with Gasteiger partial charge in [0.05, 0.1) is 5.56 Å². The summed E-state index contributed by atoms with van der Waals surface area (Å²) in [6.07, 6.45) is -1.00. The summed E-state index contributed by atoms with van der Waals surface area (Å²) < 4.78 is 10.3. The minimum absolute atomic E-state index is 0.158. The van der Waals surface area contributed by atoms with Crippen molar-refractivity contribution in [3.8, 4) is 5.75 Å². The van der Waals surface area contributed by atoms with Crippen LogP contribution in [0.25, 0.3) is 0 Å². The number of aryl methyl sites for hydroxylation is 1. The molecule has 7 heteroatoms. The van der Waals surface area contributed by atoms with Crippen molar-refractivity contribution in [3.05, 3.63) is 59.7 Å². The van der Waals surface area contributed by atoms with E-state index in [9.17, 15) is 14.4 Å². The second-order valence-electron chi connectivity index (χ2n) is 5.64. The molecule has 0 fully saturated rings. The molecule has 0 radical (unpaired) electrons. The van der Waals surface area contributed by atoms with Crippen LogP contribution in [-0.4, -0.2) is 30.5 Å². The Labute approximate surface area is 151 Å². The van der Waals surface area contributed by atoms with Crippen LogP contribution in [0.15, 0.2) is 48.5 Å². The van der Waals surface area contributed by atoms with Gasteiger partial charge in [0.15, 0.2) is 12.7 Å². The SMILES string of the molecule is Cc1cccc(NC(=O)[C@H](C)OC(=O)COc2ccccc2C(N)=O)c1. The molecule has 2 aromatic rings. The van der Waals surface area contributed by atoms with Gasteiger partial charge in [-0.3, -0.25) is 9.59 Å². The summed E-state index contributed by atoms with van der Waals surface area (Å²) >= 11 is 0. The van der Waals surface area contributed by atoms with E-state index in [1.54, 1.807) is 24.3 Å². The normalized spacial score (nSPS) is 11.3. The van der Waals surface area contributed by atoms with E-state index in [0.29, 0.717) is 5.69 Å². The van der Waals surface area contributed by atoms with Gasteiger partial charge in [-0.05, 0) is 43.7 Å². The number of ether oxygens (including phenoxy) is 2. The van der Waals surface area contributed by atoms with Crippen molar-refractivity contribution in [2.24, 2.45) is 5.73 Å². The lowest BCUT2D eigenvalue weighted by Gasteiger charge is -2.14. The quantitative estimate of drug-likeness (QED) is 0.738. The van der Waals surface area contributed by atoms with Crippen LogP contribution < -0.4 is 15.8 Å². The summed E-state index contributed by atoms with van der Waals surface area (Å²) in [6.45, 7) is 2.91. The van der Waals surface area contributed by atoms with Crippen LogP contribution >= 0.6 is 0 Å². The van der Waals surface area contributed by atoms with E-state index in [4.69, 9.17) is 15.2 Å². The molecule has 0 saturated heterocycles. The van der Waals surface area contributed by atoms with Gasteiger partial charge in [0.25, 0.3) is 11.8 Å². The number of carbonyl (C=O) groups excluding carboxylic acids is 3. The maximum absolute atomic E-state index is 12.1. The fourth-order valence-corrected chi connectivity index (χ4v) is 2.18. The summed E-state index contributed by atoms with van der Waals surface area (Å²) in [5.74, 6) is -1.69. The van der Waals surface area contributed by atoms with Crippen LogP contribution in [-0.2, 0) is 14.3 Å². The molecule has 0 aromatic heterocycles. The molecule has 0 bridgehead atoms.